The third kappa shape index (κ3) is 3.15. The van der Waals surface area contributed by atoms with Crippen molar-refractivity contribution >= 4 is 17.2 Å². The Morgan fingerprint density at radius 2 is 2.17 bits per heavy atom. The van der Waals surface area contributed by atoms with Crippen LogP contribution in [0.15, 0.2) is 35.0 Å². The highest BCUT2D eigenvalue weighted by Crippen LogP contribution is 2.11. The maximum Gasteiger partial charge on any atom is 0.248 e. The number of hydrogen-bond acceptors (Lipinski definition) is 3. The number of amides is 1. The van der Waals surface area contributed by atoms with Gasteiger partial charge in [-0.3, -0.25) is 4.79 Å². The summed E-state index contributed by atoms with van der Waals surface area (Å²) in [5, 5.41) is 7.15. The largest absolute Gasteiger partial charge is 0.366 e. The van der Waals surface area contributed by atoms with Gasteiger partial charge in [-0.1, -0.05) is 0 Å². The van der Waals surface area contributed by atoms with Crippen molar-refractivity contribution in [3.63, 3.8) is 0 Å². The molecule has 3 N–H and O–H groups in total. The summed E-state index contributed by atoms with van der Waals surface area (Å²) in [7, 11) is 0. The van der Waals surface area contributed by atoms with Crippen molar-refractivity contribution in [3.8, 4) is 0 Å². The molecule has 0 spiro atoms. The van der Waals surface area contributed by atoms with E-state index < -0.39 is 5.91 Å². The molecule has 2 rings (SSSR count). The fraction of sp³-hybridized carbons (Fsp3) is 0.154. The molecule has 2 aromatic rings. The summed E-state index contributed by atoms with van der Waals surface area (Å²) in [6.45, 7) is 1.03. The molecule has 1 amide bonds. The summed E-state index contributed by atoms with van der Waals surface area (Å²) in [5.74, 6) is -0.882. The normalized spacial score (nSPS) is 10.5. The highest BCUT2D eigenvalue weighted by atomic mass is 32.1. The highest BCUT2D eigenvalue weighted by Gasteiger charge is 2.06. The minimum atomic E-state index is -0.547. The van der Waals surface area contributed by atoms with Gasteiger partial charge in [-0.15, -0.1) is 0 Å². The first-order chi connectivity index (χ1) is 8.66. The summed E-state index contributed by atoms with van der Waals surface area (Å²) < 4.78 is 13.5. The molecule has 0 saturated heterocycles. The molecule has 1 aromatic carbocycles. The van der Waals surface area contributed by atoms with Gasteiger partial charge in [0.25, 0.3) is 0 Å². The van der Waals surface area contributed by atoms with Crippen molar-refractivity contribution in [1.82, 2.24) is 5.32 Å². The zero-order chi connectivity index (χ0) is 13.0. The second kappa shape index (κ2) is 5.75. The molecule has 18 heavy (non-hydrogen) atoms. The van der Waals surface area contributed by atoms with E-state index in [0.29, 0.717) is 24.2 Å². The second-order valence-corrected chi connectivity index (χ2v) is 4.69. The monoisotopic (exact) mass is 264 g/mol. The Bertz CT molecular complexity index is 540. The van der Waals surface area contributed by atoms with E-state index in [1.165, 1.54) is 18.2 Å². The lowest BCUT2D eigenvalue weighted by Crippen LogP contribution is -2.16. The number of primary amides is 1. The lowest BCUT2D eigenvalue weighted by Gasteiger charge is -2.06. The van der Waals surface area contributed by atoms with Crippen LogP contribution in [0.1, 0.15) is 21.5 Å². The zero-order valence-corrected chi connectivity index (χ0v) is 10.5. The van der Waals surface area contributed by atoms with Crippen LogP contribution < -0.4 is 11.1 Å². The summed E-state index contributed by atoms with van der Waals surface area (Å²) in [6, 6.07) is 6.15. The first-order valence-corrected chi connectivity index (χ1v) is 6.41. The Hall–Kier alpha value is -1.72. The Morgan fingerprint density at radius 3 is 2.83 bits per heavy atom. The van der Waals surface area contributed by atoms with Gasteiger partial charge in [0.15, 0.2) is 0 Å². The summed E-state index contributed by atoms with van der Waals surface area (Å²) in [6.07, 6.45) is 0. The third-order valence-electron chi connectivity index (χ3n) is 2.55. The smallest absolute Gasteiger partial charge is 0.248 e. The first-order valence-electron chi connectivity index (χ1n) is 5.47. The average molecular weight is 264 g/mol. The van der Waals surface area contributed by atoms with Crippen molar-refractivity contribution in [3.05, 3.63) is 57.5 Å². The van der Waals surface area contributed by atoms with Gasteiger partial charge in [-0.2, -0.15) is 11.3 Å². The quantitative estimate of drug-likeness (QED) is 0.870. The molecule has 5 heteroatoms. The Labute approximate surface area is 108 Å². The van der Waals surface area contributed by atoms with Crippen LogP contribution in [0.25, 0.3) is 0 Å². The van der Waals surface area contributed by atoms with Crippen LogP contribution in [0.2, 0.25) is 0 Å². The number of nitrogens with one attached hydrogen (secondary N) is 1. The molecule has 0 aliphatic heterocycles. The van der Waals surface area contributed by atoms with Crippen molar-refractivity contribution in [2.75, 3.05) is 0 Å². The van der Waals surface area contributed by atoms with Crippen LogP contribution in [0.3, 0.4) is 0 Å². The standard InChI is InChI=1S/C13H13FN2OS/c14-12-2-1-10(13(15)17)5-11(12)7-16-6-9-3-4-18-8-9/h1-5,8,16H,6-7H2,(H2,15,17). The number of halogens is 1. The minimum Gasteiger partial charge on any atom is -0.366 e. The minimum absolute atomic E-state index is 0.323. The molecule has 0 unspecified atom stereocenters. The van der Waals surface area contributed by atoms with Crippen LogP contribution in [-0.2, 0) is 13.1 Å². The molecule has 3 nitrogen and oxygen atoms in total. The number of carbonyl (C=O) groups excluding carboxylic acids is 1. The molecular weight excluding hydrogens is 251 g/mol. The highest BCUT2D eigenvalue weighted by molar-refractivity contribution is 7.07. The fourth-order valence-electron chi connectivity index (χ4n) is 1.60. The van der Waals surface area contributed by atoms with Gasteiger partial charge in [-0.25, -0.2) is 4.39 Å². The van der Waals surface area contributed by atoms with Crippen LogP contribution >= 0.6 is 11.3 Å². The molecule has 0 aliphatic carbocycles. The van der Waals surface area contributed by atoms with Crippen LogP contribution in [0, 0.1) is 5.82 Å². The molecule has 0 radical (unpaired) electrons. The average Bonchev–Trinajstić information content (AvgIpc) is 2.84. The van der Waals surface area contributed by atoms with Crippen molar-refractivity contribution in [2.45, 2.75) is 13.1 Å². The number of benzene rings is 1. The van der Waals surface area contributed by atoms with E-state index in [9.17, 15) is 9.18 Å². The fourth-order valence-corrected chi connectivity index (χ4v) is 2.27. The maximum atomic E-state index is 13.5. The van der Waals surface area contributed by atoms with E-state index >= 15 is 0 Å². The number of rotatable bonds is 5. The van der Waals surface area contributed by atoms with Gasteiger partial charge in [0.1, 0.15) is 5.82 Å². The lowest BCUT2D eigenvalue weighted by molar-refractivity contribution is 0.1000. The zero-order valence-electron chi connectivity index (χ0n) is 9.65. The SMILES string of the molecule is NC(=O)c1ccc(F)c(CNCc2ccsc2)c1. The van der Waals surface area contributed by atoms with Crippen LogP contribution in [0.5, 0.6) is 0 Å². The van der Waals surface area contributed by atoms with E-state index in [2.05, 4.69) is 5.32 Å². The Balaban J connectivity index is 2.00. The molecule has 0 bridgehead atoms. The molecule has 0 fully saturated rings. The Kier molecular flexibility index (Phi) is 4.07. The molecule has 1 heterocycles. The second-order valence-electron chi connectivity index (χ2n) is 3.91. The topological polar surface area (TPSA) is 55.1 Å². The number of thiophene rings is 1. The molecule has 0 atom stereocenters. The molecule has 0 saturated carbocycles. The van der Waals surface area contributed by atoms with E-state index in [4.69, 9.17) is 5.73 Å². The summed E-state index contributed by atoms with van der Waals surface area (Å²) >= 11 is 1.62. The van der Waals surface area contributed by atoms with Gasteiger partial charge in [0.2, 0.25) is 5.91 Å². The molecule has 0 aliphatic rings. The van der Waals surface area contributed by atoms with Crippen LogP contribution in [-0.4, -0.2) is 5.91 Å². The van der Waals surface area contributed by atoms with E-state index in [1.807, 2.05) is 16.8 Å². The van der Waals surface area contributed by atoms with Crippen molar-refractivity contribution in [1.29, 1.82) is 0 Å². The van der Waals surface area contributed by atoms with Gasteiger partial charge < -0.3 is 11.1 Å². The van der Waals surface area contributed by atoms with Gasteiger partial charge in [0, 0.05) is 24.2 Å². The van der Waals surface area contributed by atoms with E-state index in [1.54, 1.807) is 11.3 Å². The maximum absolute atomic E-state index is 13.5. The van der Waals surface area contributed by atoms with Crippen molar-refractivity contribution in [2.24, 2.45) is 5.73 Å². The van der Waals surface area contributed by atoms with E-state index in [-0.39, 0.29) is 5.82 Å². The number of carbonyl (C=O) groups is 1. The van der Waals surface area contributed by atoms with Crippen molar-refractivity contribution < 1.29 is 9.18 Å². The summed E-state index contributed by atoms with van der Waals surface area (Å²) in [4.78, 5) is 11.0. The van der Waals surface area contributed by atoms with Gasteiger partial charge in [0.05, 0.1) is 0 Å². The lowest BCUT2D eigenvalue weighted by atomic mass is 10.1. The predicted octanol–water partition coefficient (Wildman–Crippen LogP) is 2.28. The number of hydrogen-bond donors (Lipinski definition) is 2. The summed E-state index contributed by atoms with van der Waals surface area (Å²) in [5.41, 5.74) is 7.09. The molecule has 1 aromatic heterocycles. The third-order valence-corrected chi connectivity index (χ3v) is 3.29. The Morgan fingerprint density at radius 1 is 1.33 bits per heavy atom. The molecular formula is C13H13FN2OS. The molecule has 94 valence electrons. The predicted molar refractivity (Wildman–Crippen MR) is 69.8 cm³/mol. The van der Waals surface area contributed by atoms with Gasteiger partial charge in [-0.05, 0) is 40.6 Å². The van der Waals surface area contributed by atoms with E-state index in [0.717, 1.165) is 5.56 Å². The van der Waals surface area contributed by atoms with Gasteiger partial charge >= 0.3 is 0 Å². The number of nitrogens with two attached hydrogens (primary N) is 1. The first kappa shape index (κ1) is 12.7. The van der Waals surface area contributed by atoms with Crippen LogP contribution in [0.4, 0.5) is 4.39 Å².